The lowest BCUT2D eigenvalue weighted by Gasteiger charge is -2.15. The van der Waals surface area contributed by atoms with E-state index in [2.05, 4.69) is 62.0 Å². The molecular weight excluding hydrogens is 280 g/mol. The third kappa shape index (κ3) is 5.59. The highest BCUT2D eigenvalue weighted by atomic mass is 16.5. The van der Waals surface area contributed by atoms with Gasteiger partial charge in [0.15, 0.2) is 0 Å². The van der Waals surface area contributed by atoms with Crippen molar-refractivity contribution < 1.29 is 4.74 Å². The van der Waals surface area contributed by atoms with Crippen LogP contribution >= 0.6 is 0 Å². The molecule has 0 radical (unpaired) electrons. The van der Waals surface area contributed by atoms with E-state index >= 15 is 0 Å². The van der Waals surface area contributed by atoms with Crippen LogP contribution in [0.3, 0.4) is 0 Å². The summed E-state index contributed by atoms with van der Waals surface area (Å²) in [7, 11) is 0. The maximum absolute atomic E-state index is 5.91. The van der Waals surface area contributed by atoms with Crippen molar-refractivity contribution in [2.75, 3.05) is 6.61 Å². The van der Waals surface area contributed by atoms with E-state index in [-0.39, 0.29) is 0 Å². The molecule has 23 heavy (non-hydrogen) atoms. The molecule has 2 aromatic rings. The van der Waals surface area contributed by atoms with E-state index in [9.17, 15) is 0 Å². The maximum atomic E-state index is 5.91. The number of hydrogen-bond donors (Lipinski definition) is 0. The highest BCUT2D eigenvalue weighted by Crippen LogP contribution is 2.27. The predicted octanol–water partition coefficient (Wildman–Crippen LogP) is 5.97. The first-order valence-electron chi connectivity index (χ1n) is 8.73. The topological polar surface area (TPSA) is 9.23 Å². The highest BCUT2D eigenvalue weighted by molar-refractivity contribution is 5.43. The van der Waals surface area contributed by atoms with Crippen molar-refractivity contribution in [2.45, 2.75) is 45.4 Å². The van der Waals surface area contributed by atoms with Gasteiger partial charge in [-0.05, 0) is 30.0 Å². The highest BCUT2D eigenvalue weighted by Gasteiger charge is 2.10. The first-order chi connectivity index (χ1) is 11.3. The Balaban J connectivity index is 2.19. The van der Waals surface area contributed by atoms with E-state index in [1.165, 1.54) is 42.4 Å². The van der Waals surface area contributed by atoms with Gasteiger partial charge in [0.25, 0.3) is 0 Å². The van der Waals surface area contributed by atoms with Crippen LogP contribution < -0.4 is 4.74 Å². The van der Waals surface area contributed by atoms with Gasteiger partial charge in [-0.25, -0.2) is 0 Å². The van der Waals surface area contributed by atoms with Crippen LogP contribution in [0.1, 0.15) is 49.3 Å². The molecule has 0 N–H and O–H groups in total. The van der Waals surface area contributed by atoms with Gasteiger partial charge in [-0.2, -0.15) is 0 Å². The van der Waals surface area contributed by atoms with Gasteiger partial charge in [0.1, 0.15) is 12.4 Å². The summed E-state index contributed by atoms with van der Waals surface area (Å²) in [6.07, 6.45) is 9.02. The summed E-state index contributed by atoms with van der Waals surface area (Å²) < 4.78 is 5.91. The molecular formula is C22H28O. The Bertz CT molecular complexity index is 586. The van der Waals surface area contributed by atoms with Gasteiger partial charge in [-0.3, -0.25) is 0 Å². The Morgan fingerprint density at radius 2 is 1.78 bits per heavy atom. The average Bonchev–Trinajstić information content (AvgIpc) is 2.59. The van der Waals surface area contributed by atoms with Crippen molar-refractivity contribution in [2.24, 2.45) is 0 Å². The fourth-order valence-corrected chi connectivity index (χ4v) is 2.87. The van der Waals surface area contributed by atoms with Gasteiger partial charge in [0.2, 0.25) is 0 Å². The molecule has 0 atom stereocenters. The van der Waals surface area contributed by atoms with Crippen molar-refractivity contribution in [1.82, 2.24) is 0 Å². The van der Waals surface area contributed by atoms with Crippen molar-refractivity contribution in [3.05, 3.63) is 77.9 Å². The molecule has 2 rings (SSSR count). The van der Waals surface area contributed by atoms with Crippen LogP contribution in [-0.2, 0) is 12.8 Å². The van der Waals surface area contributed by atoms with E-state index < -0.39 is 0 Å². The van der Waals surface area contributed by atoms with Gasteiger partial charge in [0.05, 0.1) is 0 Å². The lowest BCUT2D eigenvalue weighted by molar-refractivity contribution is 0.359. The molecule has 0 aliphatic rings. The fourth-order valence-electron chi connectivity index (χ4n) is 2.87. The first-order valence-corrected chi connectivity index (χ1v) is 8.73. The summed E-state index contributed by atoms with van der Waals surface area (Å²) in [5.41, 5.74) is 4.08. The third-order valence-corrected chi connectivity index (χ3v) is 4.11. The molecule has 0 bridgehead atoms. The van der Waals surface area contributed by atoms with Gasteiger partial charge in [0, 0.05) is 12.0 Å². The molecule has 0 heterocycles. The molecule has 2 aromatic carbocycles. The molecule has 0 aliphatic carbocycles. The number of rotatable bonds is 10. The fraction of sp³-hybridized carbons (Fsp3) is 0.364. The van der Waals surface area contributed by atoms with Crippen LogP contribution in [0.4, 0.5) is 0 Å². The number of hydrogen-bond acceptors (Lipinski definition) is 1. The van der Waals surface area contributed by atoms with E-state index in [1.54, 1.807) is 6.08 Å². The van der Waals surface area contributed by atoms with Crippen LogP contribution in [0.2, 0.25) is 0 Å². The molecule has 122 valence electrons. The molecule has 0 aromatic heterocycles. The van der Waals surface area contributed by atoms with Crippen LogP contribution in [0, 0.1) is 0 Å². The SMILES string of the molecule is C=CCOc1cccc(CCCCCC)c1Cc1ccccc1. The monoisotopic (exact) mass is 308 g/mol. The summed E-state index contributed by atoms with van der Waals surface area (Å²) in [5.74, 6) is 1.00. The Morgan fingerprint density at radius 1 is 0.957 bits per heavy atom. The second-order valence-corrected chi connectivity index (χ2v) is 5.97. The van der Waals surface area contributed by atoms with Gasteiger partial charge < -0.3 is 4.74 Å². The third-order valence-electron chi connectivity index (χ3n) is 4.11. The van der Waals surface area contributed by atoms with Crippen molar-refractivity contribution >= 4 is 0 Å². The first kappa shape index (κ1) is 17.3. The lowest BCUT2D eigenvalue weighted by Crippen LogP contribution is -2.03. The Hall–Kier alpha value is -2.02. The summed E-state index contributed by atoms with van der Waals surface area (Å²) in [5, 5.41) is 0. The second-order valence-electron chi connectivity index (χ2n) is 5.97. The number of benzene rings is 2. The Morgan fingerprint density at radius 3 is 2.52 bits per heavy atom. The van der Waals surface area contributed by atoms with E-state index in [1.807, 2.05) is 0 Å². The number of unbranched alkanes of at least 4 members (excludes halogenated alkanes) is 3. The Labute approximate surface area is 141 Å². The van der Waals surface area contributed by atoms with E-state index in [4.69, 9.17) is 4.74 Å². The van der Waals surface area contributed by atoms with E-state index in [0.717, 1.165) is 18.6 Å². The molecule has 1 nitrogen and oxygen atoms in total. The molecule has 0 saturated heterocycles. The van der Waals surface area contributed by atoms with Crippen LogP contribution in [-0.4, -0.2) is 6.61 Å². The van der Waals surface area contributed by atoms with Gasteiger partial charge in [-0.1, -0.05) is 81.3 Å². The predicted molar refractivity (Wildman–Crippen MR) is 99.2 cm³/mol. The molecule has 0 amide bonds. The molecule has 0 saturated carbocycles. The summed E-state index contributed by atoms with van der Waals surface area (Å²) in [6, 6.07) is 17.1. The minimum absolute atomic E-state index is 0.557. The largest absolute Gasteiger partial charge is 0.489 e. The smallest absolute Gasteiger partial charge is 0.123 e. The van der Waals surface area contributed by atoms with Crippen molar-refractivity contribution in [3.63, 3.8) is 0 Å². The summed E-state index contributed by atoms with van der Waals surface area (Å²) in [4.78, 5) is 0. The lowest BCUT2D eigenvalue weighted by atomic mass is 9.95. The zero-order valence-corrected chi connectivity index (χ0v) is 14.3. The standard InChI is InChI=1S/C22H28O/c1-3-5-6-10-14-20-15-11-16-22(23-17-4-2)21(20)18-19-12-8-7-9-13-19/h4,7-9,11-13,15-16H,2-3,5-6,10,14,17-18H2,1H3. The molecule has 1 heteroatoms. The van der Waals surface area contributed by atoms with Crippen LogP contribution in [0.15, 0.2) is 61.2 Å². The summed E-state index contributed by atoms with van der Waals surface area (Å²) in [6.45, 7) is 6.57. The zero-order chi connectivity index (χ0) is 16.3. The zero-order valence-electron chi connectivity index (χ0n) is 14.3. The van der Waals surface area contributed by atoms with Crippen molar-refractivity contribution in [1.29, 1.82) is 0 Å². The number of aryl methyl sites for hydroxylation is 1. The van der Waals surface area contributed by atoms with Gasteiger partial charge in [-0.15, -0.1) is 0 Å². The molecule has 0 fully saturated rings. The molecule has 0 spiro atoms. The average molecular weight is 308 g/mol. The van der Waals surface area contributed by atoms with Crippen LogP contribution in [0.25, 0.3) is 0 Å². The van der Waals surface area contributed by atoms with Crippen molar-refractivity contribution in [3.8, 4) is 5.75 Å². The second kappa shape index (κ2) is 9.89. The minimum Gasteiger partial charge on any atom is -0.489 e. The van der Waals surface area contributed by atoms with Crippen LogP contribution in [0.5, 0.6) is 5.75 Å². The molecule has 0 aliphatic heterocycles. The maximum Gasteiger partial charge on any atom is 0.123 e. The quantitative estimate of drug-likeness (QED) is 0.388. The van der Waals surface area contributed by atoms with E-state index in [0.29, 0.717) is 6.61 Å². The number of ether oxygens (including phenoxy) is 1. The molecule has 0 unspecified atom stereocenters. The minimum atomic E-state index is 0.557. The normalized spacial score (nSPS) is 10.5. The summed E-state index contributed by atoms with van der Waals surface area (Å²) >= 11 is 0. The van der Waals surface area contributed by atoms with Gasteiger partial charge >= 0.3 is 0 Å². The Kier molecular flexibility index (Phi) is 7.45.